The lowest BCUT2D eigenvalue weighted by atomic mass is 10.1. The zero-order chi connectivity index (χ0) is 18.0. The highest BCUT2D eigenvalue weighted by atomic mass is 16.5. The lowest BCUT2D eigenvalue weighted by Gasteiger charge is -2.14. The van der Waals surface area contributed by atoms with E-state index in [2.05, 4.69) is 6.07 Å². The van der Waals surface area contributed by atoms with Gasteiger partial charge in [-0.3, -0.25) is 9.59 Å². The monoisotopic (exact) mass is 342 g/mol. The van der Waals surface area contributed by atoms with Crippen LogP contribution >= 0.6 is 0 Å². The standard InChI is InChI=1S/C19H22N2O4/c1-12-3-5-16(13(2)9-12)24-11-15-4-6-17(25-15)19(23)21-8-7-14(10-21)18(20)22/h3-6,9,14H,7-8,10-11H2,1-2H3,(H2,20,22)/t14-/m0/s1. The molecule has 6 nitrogen and oxygen atoms in total. The van der Waals surface area contributed by atoms with E-state index in [0.29, 0.717) is 25.3 Å². The normalized spacial score (nSPS) is 16.9. The third-order valence-corrected chi connectivity index (χ3v) is 4.45. The third kappa shape index (κ3) is 3.84. The van der Waals surface area contributed by atoms with Crippen LogP contribution in [0.15, 0.2) is 34.7 Å². The van der Waals surface area contributed by atoms with Crippen molar-refractivity contribution in [1.82, 2.24) is 4.90 Å². The summed E-state index contributed by atoms with van der Waals surface area (Å²) in [6.45, 7) is 5.14. The van der Waals surface area contributed by atoms with Crippen LogP contribution in [-0.4, -0.2) is 29.8 Å². The van der Waals surface area contributed by atoms with Crippen LogP contribution in [0.2, 0.25) is 0 Å². The van der Waals surface area contributed by atoms with Gasteiger partial charge in [-0.2, -0.15) is 0 Å². The van der Waals surface area contributed by atoms with Crippen molar-refractivity contribution < 1.29 is 18.7 Å². The number of ether oxygens (including phenoxy) is 1. The second-order valence-electron chi connectivity index (χ2n) is 6.46. The van der Waals surface area contributed by atoms with E-state index in [0.717, 1.165) is 11.3 Å². The van der Waals surface area contributed by atoms with Crippen molar-refractivity contribution in [2.45, 2.75) is 26.9 Å². The Morgan fingerprint density at radius 3 is 2.76 bits per heavy atom. The smallest absolute Gasteiger partial charge is 0.289 e. The number of hydrogen-bond donors (Lipinski definition) is 1. The summed E-state index contributed by atoms with van der Waals surface area (Å²) in [6.07, 6.45) is 0.602. The highest BCUT2D eigenvalue weighted by Gasteiger charge is 2.31. The Morgan fingerprint density at radius 2 is 2.08 bits per heavy atom. The fourth-order valence-corrected chi connectivity index (χ4v) is 3.01. The molecule has 0 unspecified atom stereocenters. The van der Waals surface area contributed by atoms with Gasteiger partial charge in [0.2, 0.25) is 5.91 Å². The molecular weight excluding hydrogens is 320 g/mol. The number of aryl methyl sites for hydroxylation is 2. The first kappa shape index (κ1) is 17.1. The lowest BCUT2D eigenvalue weighted by Crippen LogP contribution is -2.31. The fraction of sp³-hybridized carbons (Fsp3) is 0.368. The lowest BCUT2D eigenvalue weighted by molar-refractivity contribution is -0.121. The summed E-state index contributed by atoms with van der Waals surface area (Å²) in [5, 5.41) is 0. The summed E-state index contributed by atoms with van der Waals surface area (Å²) in [5.74, 6) is 0.766. The zero-order valence-electron chi connectivity index (χ0n) is 14.5. The summed E-state index contributed by atoms with van der Waals surface area (Å²) in [6, 6.07) is 9.34. The summed E-state index contributed by atoms with van der Waals surface area (Å²) in [4.78, 5) is 25.3. The molecule has 0 spiro atoms. The second kappa shape index (κ2) is 7.01. The highest BCUT2D eigenvalue weighted by molar-refractivity contribution is 5.92. The number of rotatable bonds is 5. The van der Waals surface area contributed by atoms with Gasteiger partial charge in [-0.25, -0.2) is 0 Å². The number of carbonyl (C=O) groups is 2. The molecule has 3 rings (SSSR count). The molecule has 1 aliphatic rings. The van der Waals surface area contributed by atoms with Crippen molar-refractivity contribution in [3.63, 3.8) is 0 Å². The maximum absolute atomic E-state index is 12.4. The van der Waals surface area contributed by atoms with Gasteiger partial charge in [0, 0.05) is 13.1 Å². The maximum atomic E-state index is 12.4. The molecule has 0 bridgehead atoms. The molecular formula is C19H22N2O4. The molecule has 6 heteroatoms. The predicted molar refractivity (Wildman–Crippen MR) is 92.2 cm³/mol. The van der Waals surface area contributed by atoms with Gasteiger partial charge in [0.15, 0.2) is 5.76 Å². The van der Waals surface area contributed by atoms with E-state index < -0.39 is 0 Å². The molecule has 2 N–H and O–H groups in total. The van der Waals surface area contributed by atoms with Crippen LogP contribution in [-0.2, 0) is 11.4 Å². The quantitative estimate of drug-likeness (QED) is 0.904. The molecule has 132 valence electrons. The van der Waals surface area contributed by atoms with Crippen LogP contribution in [0.4, 0.5) is 0 Å². The van der Waals surface area contributed by atoms with Crippen molar-refractivity contribution in [2.75, 3.05) is 13.1 Å². The van der Waals surface area contributed by atoms with E-state index in [1.54, 1.807) is 17.0 Å². The molecule has 25 heavy (non-hydrogen) atoms. The Morgan fingerprint density at radius 1 is 1.28 bits per heavy atom. The van der Waals surface area contributed by atoms with E-state index >= 15 is 0 Å². The van der Waals surface area contributed by atoms with Crippen LogP contribution in [0.25, 0.3) is 0 Å². The molecule has 1 aromatic heterocycles. The number of carbonyl (C=O) groups excluding carboxylic acids is 2. The molecule has 0 radical (unpaired) electrons. The van der Waals surface area contributed by atoms with E-state index in [-0.39, 0.29) is 30.1 Å². The van der Waals surface area contributed by atoms with Gasteiger partial charge >= 0.3 is 0 Å². The summed E-state index contributed by atoms with van der Waals surface area (Å²) in [5.41, 5.74) is 7.53. The topological polar surface area (TPSA) is 85.8 Å². The fourth-order valence-electron chi connectivity index (χ4n) is 3.01. The van der Waals surface area contributed by atoms with Crippen molar-refractivity contribution in [1.29, 1.82) is 0 Å². The number of nitrogens with two attached hydrogens (primary N) is 1. The van der Waals surface area contributed by atoms with Crippen molar-refractivity contribution in [2.24, 2.45) is 11.7 Å². The molecule has 2 aromatic rings. The molecule has 1 aromatic carbocycles. The van der Waals surface area contributed by atoms with Crippen molar-refractivity contribution in [3.8, 4) is 5.75 Å². The first-order valence-corrected chi connectivity index (χ1v) is 8.31. The number of furan rings is 1. The van der Waals surface area contributed by atoms with Crippen LogP contribution < -0.4 is 10.5 Å². The van der Waals surface area contributed by atoms with Crippen LogP contribution in [0, 0.1) is 19.8 Å². The first-order chi connectivity index (χ1) is 11.9. The van der Waals surface area contributed by atoms with Gasteiger partial charge in [0.05, 0.1) is 5.92 Å². The number of primary amides is 1. The zero-order valence-corrected chi connectivity index (χ0v) is 14.5. The van der Waals surface area contributed by atoms with Gasteiger partial charge in [-0.05, 0) is 44.0 Å². The number of nitrogens with zero attached hydrogens (tertiary/aromatic N) is 1. The van der Waals surface area contributed by atoms with E-state index in [4.69, 9.17) is 14.9 Å². The van der Waals surface area contributed by atoms with Crippen LogP contribution in [0.1, 0.15) is 33.9 Å². The number of amides is 2. The SMILES string of the molecule is Cc1ccc(OCc2ccc(C(=O)N3CC[C@H](C(N)=O)C3)o2)c(C)c1. The largest absolute Gasteiger partial charge is 0.485 e. The average molecular weight is 342 g/mol. The summed E-state index contributed by atoms with van der Waals surface area (Å²) < 4.78 is 11.4. The number of likely N-dealkylation sites (tertiary alicyclic amines) is 1. The van der Waals surface area contributed by atoms with E-state index in [9.17, 15) is 9.59 Å². The summed E-state index contributed by atoms with van der Waals surface area (Å²) >= 11 is 0. The Kier molecular flexibility index (Phi) is 4.79. The first-order valence-electron chi connectivity index (χ1n) is 8.31. The Labute approximate surface area is 146 Å². The van der Waals surface area contributed by atoms with Gasteiger partial charge < -0.3 is 19.8 Å². The van der Waals surface area contributed by atoms with Crippen molar-refractivity contribution in [3.05, 3.63) is 53.0 Å². The van der Waals surface area contributed by atoms with Crippen LogP contribution in [0.5, 0.6) is 5.75 Å². The minimum absolute atomic E-state index is 0.221. The summed E-state index contributed by atoms with van der Waals surface area (Å²) in [7, 11) is 0. The molecule has 2 heterocycles. The van der Waals surface area contributed by atoms with Gasteiger partial charge in [0.25, 0.3) is 5.91 Å². The highest BCUT2D eigenvalue weighted by Crippen LogP contribution is 2.22. The van der Waals surface area contributed by atoms with E-state index in [1.165, 1.54) is 5.56 Å². The Balaban J connectivity index is 1.60. The molecule has 1 aliphatic heterocycles. The minimum atomic E-state index is -0.364. The minimum Gasteiger partial charge on any atom is -0.485 e. The van der Waals surface area contributed by atoms with E-state index in [1.807, 2.05) is 26.0 Å². The average Bonchev–Trinajstić information content (AvgIpc) is 3.23. The molecule has 1 saturated heterocycles. The van der Waals surface area contributed by atoms with Crippen LogP contribution in [0.3, 0.4) is 0 Å². The maximum Gasteiger partial charge on any atom is 0.289 e. The Bertz CT molecular complexity index is 796. The van der Waals surface area contributed by atoms with Crippen molar-refractivity contribution >= 4 is 11.8 Å². The molecule has 0 saturated carbocycles. The number of benzene rings is 1. The molecule has 2 amide bonds. The van der Waals surface area contributed by atoms with Gasteiger partial charge in [-0.15, -0.1) is 0 Å². The second-order valence-corrected chi connectivity index (χ2v) is 6.46. The molecule has 1 fully saturated rings. The van der Waals surface area contributed by atoms with Gasteiger partial charge in [-0.1, -0.05) is 17.7 Å². The number of hydrogen-bond acceptors (Lipinski definition) is 4. The molecule has 1 atom stereocenters. The predicted octanol–water partition coefficient (Wildman–Crippen LogP) is 2.42. The van der Waals surface area contributed by atoms with Gasteiger partial charge in [0.1, 0.15) is 18.1 Å². The third-order valence-electron chi connectivity index (χ3n) is 4.45. The molecule has 0 aliphatic carbocycles. The Hall–Kier alpha value is -2.76.